The van der Waals surface area contributed by atoms with Gasteiger partial charge in [0, 0.05) is 19.6 Å². The number of carbonyl (C=O) groups excluding carboxylic acids is 1. The van der Waals surface area contributed by atoms with Crippen molar-refractivity contribution < 1.29 is 22.7 Å². The summed E-state index contributed by atoms with van der Waals surface area (Å²) in [4.78, 5) is 13.3. The molecule has 1 saturated heterocycles. The summed E-state index contributed by atoms with van der Waals surface area (Å²) >= 11 is 0. The Labute approximate surface area is 149 Å². The van der Waals surface area contributed by atoms with Gasteiger partial charge in [0.25, 0.3) is 0 Å². The second kappa shape index (κ2) is 8.53. The van der Waals surface area contributed by atoms with Crippen LogP contribution >= 0.6 is 0 Å². The highest BCUT2D eigenvalue weighted by atomic mass is 32.2. The van der Waals surface area contributed by atoms with Gasteiger partial charge in [-0.25, -0.2) is 17.9 Å². The van der Waals surface area contributed by atoms with E-state index in [0.717, 1.165) is 18.4 Å². The van der Waals surface area contributed by atoms with Crippen LogP contribution in [0.4, 0.5) is 4.79 Å². The predicted molar refractivity (Wildman–Crippen MR) is 94.2 cm³/mol. The van der Waals surface area contributed by atoms with Crippen LogP contribution in [0.3, 0.4) is 0 Å². The molecule has 7 nitrogen and oxygen atoms in total. The fourth-order valence-corrected chi connectivity index (χ4v) is 4.07. The molecule has 0 atom stereocenters. The molecule has 1 aliphatic rings. The van der Waals surface area contributed by atoms with Gasteiger partial charge >= 0.3 is 6.09 Å². The molecule has 2 rings (SSSR count). The summed E-state index contributed by atoms with van der Waals surface area (Å²) in [6.45, 7) is 5.78. The molecule has 0 unspecified atom stereocenters. The zero-order valence-corrected chi connectivity index (χ0v) is 15.8. The number of rotatable bonds is 6. The normalized spacial score (nSPS) is 15.9. The molecule has 1 N–H and O–H groups in total. The zero-order chi connectivity index (χ0) is 18.4. The van der Waals surface area contributed by atoms with Crippen molar-refractivity contribution >= 4 is 16.1 Å². The fraction of sp³-hybridized carbons (Fsp3) is 0.588. The third-order valence-electron chi connectivity index (χ3n) is 4.37. The summed E-state index contributed by atoms with van der Waals surface area (Å²) in [5.41, 5.74) is 0.788. The number of hydrogen-bond acceptors (Lipinski definition) is 5. The summed E-state index contributed by atoms with van der Waals surface area (Å²) in [5, 5.41) is 0. The van der Waals surface area contributed by atoms with Gasteiger partial charge in [0.2, 0.25) is 10.0 Å². The van der Waals surface area contributed by atoms with Crippen LogP contribution in [0, 0.1) is 12.8 Å². The molecule has 1 aromatic carbocycles. The summed E-state index contributed by atoms with van der Waals surface area (Å²) in [5.74, 6) is 0.899. The lowest BCUT2D eigenvalue weighted by Crippen LogP contribution is -2.41. The minimum absolute atomic E-state index is 0.208. The number of amides is 1. The Kier molecular flexibility index (Phi) is 6.66. The molecular formula is C17H26N2O5S. The first-order valence-electron chi connectivity index (χ1n) is 8.43. The number of piperidine rings is 1. The van der Waals surface area contributed by atoms with Crippen LogP contribution in [0.15, 0.2) is 23.1 Å². The van der Waals surface area contributed by atoms with Crippen molar-refractivity contribution in [1.82, 2.24) is 9.62 Å². The summed E-state index contributed by atoms with van der Waals surface area (Å²) < 4.78 is 37.8. The van der Waals surface area contributed by atoms with Gasteiger partial charge in [-0.3, -0.25) is 0 Å². The maximum absolute atomic E-state index is 12.5. The van der Waals surface area contributed by atoms with Crippen molar-refractivity contribution in [3.8, 4) is 5.75 Å². The van der Waals surface area contributed by atoms with Crippen molar-refractivity contribution in [1.29, 1.82) is 0 Å². The van der Waals surface area contributed by atoms with E-state index < -0.39 is 10.0 Å². The molecule has 1 heterocycles. The Bertz CT molecular complexity index is 697. The second-order valence-electron chi connectivity index (χ2n) is 6.11. The predicted octanol–water partition coefficient (Wildman–Crippen LogP) is 2.15. The van der Waals surface area contributed by atoms with Gasteiger partial charge in [0.05, 0.1) is 18.6 Å². The Morgan fingerprint density at radius 1 is 1.32 bits per heavy atom. The lowest BCUT2D eigenvalue weighted by molar-refractivity contribution is 0.106. The Hall–Kier alpha value is -1.80. The number of hydrogen-bond donors (Lipinski definition) is 1. The highest BCUT2D eigenvalue weighted by molar-refractivity contribution is 7.89. The van der Waals surface area contributed by atoms with Crippen LogP contribution in [0.2, 0.25) is 0 Å². The monoisotopic (exact) mass is 370 g/mol. The second-order valence-corrected chi connectivity index (χ2v) is 7.88. The number of methoxy groups -OCH3 is 1. The standard InChI is InChI=1S/C17H26N2O5S/c1-4-24-16-6-5-15(11-13(16)2)25(21,22)18-12-14-7-9-19(10-8-14)17(20)23-3/h5-6,11,14,18H,4,7-10,12H2,1-3H3. The first-order valence-corrected chi connectivity index (χ1v) is 9.91. The number of sulfonamides is 1. The minimum atomic E-state index is -3.56. The van der Waals surface area contributed by atoms with Gasteiger partial charge in [-0.1, -0.05) is 0 Å². The van der Waals surface area contributed by atoms with Crippen LogP contribution in [0.25, 0.3) is 0 Å². The molecular weight excluding hydrogens is 344 g/mol. The molecule has 1 aromatic rings. The SMILES string of the molecule is CCOc1ccc(S(=O)(=O)NCC2CCN(C(=O)OC)CC2)cc1C. The number of likely N-dealkylation sites (tertiary alicyclic amines) is 1. The van der Waals surface area contributed by atoms with Gasteiger partial charge in [0.1, 0.15) is 5.75 Å². The van der Waals surface area contributed by atoms with Gasteiger partial charge < -0.3 is 14.4 Å². The average molecular weight is 370 g/mol. The zero-order valence-electron chi connectivity index (χ0n) is 14.9. The van der Waals surface area contributed by atoms with Crippen LogP contribution in [0.5, 0.6) is 5.75 Å². The number of nitrogens with one attached hydrogen (secondary N) is 1. The molecule has 0 spiro atoms. The summed E-state index contributed by atoms with van der Waals surface area (Å²) in [6, 6.07) is 4.86. The maximum Gasteiger partial charge on any atom is 0.409 e. The number of benzene rings is 1. The van der Waals surface area contributed by atoms with Gasteiger partial charge in [0.15, 0.2) is 0 Å². The van der Waals surface area contributed by atoms with Crippen molar-refractivity contribution in [2.45, 2.75) is 31.6 Å². The Morgan fingerprint density at radius 3 is 2.56 bits per heavy atom. The molecule has 1 fully saturated rings. The molecule has 0 saturated carbocycles. The van der Waals surface area contributed by atoms with E-state index >= 15 is 0 Å². The molecule has 0 radical (unpaired) electrons. The van der Waals surface area contributed by atoms with Crippen molar-refractivity contribution in [2.75, 3.05) is 33.4 Å². The van der Waals surface area contributed by atoms with E-state index in [9.17, 15) is 13.2 Å². The van der Waals surface area contributed by atoms with Crippen molar-refractivity contribution in [3.05, 3.63) is 23.8 Å². The Morgan fingerprint density at radius 2 is 2.00 bits per heavy atom. The average Bonchev–Trinajstić information content (AvgIpc) is 2.61. The van der Waals surface area contributed by atoms with E-state index in [1.165, 1.54) is 7.11 Å². The maximum atomic E-state index is 12.5. The third-order valence-corrected chi connectivity index (χ3v) is 5.79. The van der Waals surface area contributed by atoms with Crippen LogP contribution in [-0.4, -0.2) is 52.8 Å². The first-order chi connectivity index (χ1) is 11.9. The van der Waals surface area contributed by atoms with E-state index in [2.05, 4.69) is 4.72 Å². The molecule has 1 aliphatic heterocycles. The molecule has 0 aromatic heterocycles. The number of nitrogens with zero attached hydrogens (tertiary/aromatic N) is 1. The molecule has 25 heavy (non-hydrogen) atoms. The van der Waals surface area contributed by atoms with Gasteiger partial charge in [-0.15, -0.1) is 0 Å². The minimum Gasteiger partial charge on any atom is -0.494 e. The topological polar surface area (TPSA) is 84.9 Å². The fourth-order valence-electron chi connectivity index (χ4n) is 2.87. The van der Waals surface area contributed by atoms with Crippen molar-refractivity contribution in [2.24, 2.45) is 5.92 Å². The lowest BCUT2D eigenvalue weighted by atomic mass is 9.97. The molecule has 0 bridgehead atoms. The molecule has 0 aliphatic carbocycles. The van der Waals surface area contributed by atoms with Gasteiger partial charge in [-0.2, -0.15) is 0 Å². The van der Waals surface area contributed by atoms with Crippen LogP contribution < -0.4 is 9.46 Å². The van der Waals surface area contributed by atoms with E-state index in [1.807, 2.05) is 13.8 Å². The van der Waals surface area contributed by atoms with Crippen molar-refractivity contribution in [3.63, 3.8) is 0 Å². The largest absolute Gasteiger partial charge is 0.494 e. The summed E-state index contributed by atoms with van der Waals surface area (Å²) in [7, 11) is -2.20. The summed E-state index contributed by atoms with van der Waals surface area (Å²) in [6.07, 6.45) is 1.17. The van der Waals surface area contributed by atoms with Crippen LogP contribution in [0.1, 0.15) is 25.3 Å². The van der Waals surface area contributed by atoms with E-state index in [0.29, 0.717) is 32.0 Å². The molecule has 8 heteroatoms. The highest BCUT2D eigenvalue weighted by Gasteiger charge is 2.25. The lowest BCUT2D eigenvalue weighted by Gasteiger charge is -2.30. The van der Waals surface area contributed by atoms with Crippen LogP contribution in [-0.2, 0) is 14.8 Å². The number of aryl methyl sites for hydroxylation is 1. The third kappa shape index (κ3) is 5.09. The first kappa shape index (κ1) is 19.5. The van der Waals surface area contributed by atoms with E-state index in [1.54, 1.807) is 23.1 Å². The van der Waals surface area contributed by atoms with Gasteiger partial charge in [-0.05, 0) is 56.4 Å². The highest BCUT2D eigenvalue weighted by Crippen LogP contribution is 2.22. The Balaban J connectivity index is 1.92. The molecule has 140 valence electrons. The number of carbonyl (C=O) groups is 1. The number of ether oxygens (including phenoxy) is 2. The molecule has 1 amide bonds. The quantitative estimate of drug-likeness (QED) is 0.829. The smallest absolute Gasteiger partial charge is 0.409 e. The van der Waals surface area contributed by atoms with E-state index in [-0.39, 0.29) is 16.9 Å². The van der Waals surface area contributed by atoms with E-state index in [4.69, 9.17) is 9.47 Å².